The molecule has 1 aromatic carbocycles. The topological polar surface area (TPSA) is 24.4 Å². The summed E-state index contributed by atoms with van der Waals surface area (Å²) >= 11 is 7.81. The molecule has 2 rings (SSSR count). The van der Waals surface area contributed by atoms with Gasteiger partial charge in [-0.1, -0.05) is 29.4 Å². The minimum Gasteiger partial charge on any atom is -0.335 e. The Balaban J connectivity index is 2.16. The van der Waals surface area contributed by atoms with Crippen molar-refractivity contribution in [3.63, 3.8) is 0 Å². The van der Waals surface area contributed by atoms with E-state index in [2.05, 4.69) is 10.3 Å². The lowest BCUT2D eigenvalue weighted by atomic mass is 10.2. The standard InChI is InChI=1S/C11H13ClN2S/c1-8-9(12)4-2-5-10(8)14-11-13-6-3-7-15-11/h2,4-5H,3,6-7H2,1H3,(H,13,14). The third-order valence-corrected chi connectivity index (χ3v) is 3.71. The molecule has 0 unspecified atom stereocenters. The van der Waals surface area contributed by atoms with Gasteiger partial charge >= 0.3 is 0 Å². The summed E-state index contributed by atoms with van der Waals surface area (Å²) in [6.07, 6.45) is 1.17. The van der Waals surface area contributed by atoms with Crippen LogP contribution in [0.5, 0.6) is 0 Å². The monoisotopic (exact) mass is 240 g/mol. The molecule has 1 N–H and O–H groups in total. The summed E-state index contributed by atoms with van der Waals surface area (Å²) in [6.45, 7) is 2.94. The van der Waals surface area contributed by atoms with Crippen molar-refractivity contribution in [1.29, 1.82) is 0 Å². The van der Waals surface area contributed by atoms with Gasteiger partial charge in [0, 0.05) is 23.0 Å². The fourth-order valence-corrected chi connectivity index (χ4v) is 2.40. The van der Waals surface area contributed by atoms with Gasteiger partial charge in [0.2, 0.25) is 0 Å². The van der Waals surface area contributed by atoms with E-state index >= 15 is 0 Å². The molecule has 0 atom stereocenters. The molecule has 0 radical (unpaired) electrons. The Morgan fingerprint density at radius 2 is 2.33 bits per heavy atom. The van der Waals surface area contributed by atoms with E-state index in [1.807, 2.05) is 25.1 Å². The van der Waals surface area contributed by atoms with Crippen LogP contribution in [0.15, 0.2) is 23.2 Å². The predicted molar refractivity (Wildman–Crippen MR) is 69.2 cm³/mol. The number of rotatable bonds is 1. The average molecular weight is 241 g/mol. The van der Waals surface area contributed by atoms with Gasteiger partial charge in [0.25, 0.3) is 0 Å². The van der Waals surface area contributed by atoms with Gasteiger partial charge in [-0.2, -0.15) is 0 Å². The lowest BCUT2D eigenvalue weighted by Gasteiger charge is -2.15. The van der Waals surface area contributed by atoms with Crippen molar-refractivity contribution in [3.05, 3.63) is 28.8 Å². The van der Waals surface area contributed by atoms with Gasteiger partial charge < -0.3 is 5.32 Å². The second kappa shape index (κ2) is 4.90. The van der Waals surface area contributed by atoms with E-state index in [1.165, 1.54) is 6.42 Å². The van der Waals surface area contributed by atoms with Crippen molar-refractivity contribution >= 4 is 34.2 Å². The van der Waals surface area contributed by atoms with Crippen molar-refractivity contribution in [2.45, 2.75) is 13.3 Å². The number of amidine groups is 1. The van der Waals surface area contributed by atoms with Crippen LogP contribution in [0.4, 0.5) is 5.69 Å². The third-order valence-electron chi connectivity index (χ3n) is 2.31. The zero-order valence-corrected chi connectivity index (χ0v) is 10.2. The minimum atomic E-state index is 0.793. The Kier molecular flexibility index (Phi) is 3.54. The van der Waals surface area contributed by atoms with Crippen molar-refractivity contribution in [2.75, 3.05) is 17.6 Å². The highest BCUT2D eigenvalue weighted by Gasteiger charge is 2.08. The molecule has 2 nitrogen and oxygen atoms in total. The number of anilines is 1. The molecule has 80 valence electrons. The summed E-state index contributed by atoms with van der Waals surface area (Å²) in [4.78, 5) is 4.42. The number of aliphatic imine (C=N–C) groups is 1. The summed E-state index contributed by atoms with van der Waals surface area (Å²) in [5, 5.41) is 5.12. The molecule has 15 heavy (non-hydrogen) atoms. The van der Waals surface area contributed by atoms with Gasteiger partial charge in [0.05, 0.1) is 0 Å². The maximum Gasteiger partial charge on any atom is 0.161 e. The Hall–Kier alpha value is -0.670. The molecule has 0 saturated carbocycles. The van der Waals surface area contributed by atoms with Crippen LogP contribution in [-0.2, 0) is 0 Å². The SMILES string of the molecule is Cc1c(Cl)cccc1NC1=NCCCS1. The molecule has 1 heterocycles. The third kappa shape index (κ3) is 2.67. The molecule has 4 heteroatoms. The van der Waals surface area contributed by atoms with E-state index in [0.29, 0.717) is 0 Å². The van der Waals surface area contributed by atoms with Gasteiger partial charge in [0.15, 0.2) is 5.17 Å². The molecule has 0 saturated heterocycles. The van der Waals surface area contributed by atoms with Crippen molar-refractivity contribution in [2.24, 2.45) is 4.99 Å². The fraction of sp³-hybridized carbons (Fsp3) is 0.364. The first kappa shape index (κ1) is 10.8. The Morgan fingerprint density at radius 3 is 3.07 bits per heavy atom. The smallest absolute Gasteiger partial charge is 0.161 e. The minimum absolute atomic E-state index is 0.793. The van der Waals surface area contributed by atoms with Crippen LogP contribution in [0.25, 0.3) is 0 Å². The molecular weight excluding hydrogens is 228 g/mol. The summed E-state index contributed by atoms with van der Waals surface area (Å²) in [7, 11) is 0. The number of thioether (sulfide) groups is 1. The second-order valence-corrected chi connectivity index (χ2v) is 4.92. The van der Waals surface area contributed by atoms with E-state index in [9.17, 15) is 0 Å². The summed E-state index contributed by atoms with van der Waals surface area (Å²) in [6, 6.07) is 5.88. The summed E-state index contributed by atoms with van der Waals surface area (Å²) < 4.78 is 0. The van der Waals surface area contributed by atoms with E-state index in [0.717, 1.165) is 33.7 Å². The highest BCUT2D eigenvalue weighted by Crippen LogP contribution is 2.24. The Morgan fingerprint density at radius 1 is 1.47 bits per heavy atom. The largest absolute Gasteiger partial charge is 0.335 e. The highest BCUT2D eigenvalue weighted by atomic mass is 35.5. The molecule has 0 bridgehead atoms. The van der Waals surface area contributed by atoms with E-state index < -0.39 is 0 Å². The maximum absolute atomic E-state index is 6.04. The van der Waals surface area contributed by atoms with Gasteiger partial charge in [0.1, 0.15) is 0 Å². The molecule has 1 aliphatic rings. The van der Waals surface area contributed by atoms with Crippen LogP contribution in [-0.4, -0.2) is 17.5 Å². The number of nitrogens with one attached hydrogen (secondary N) is 1. The fourth-order valence-electron chi connectivity index (χ4n) is 1.39. The van der Waals surface area contributed by atoms with E-state index in [1.54, 1.807) is 11.8 Å². The molecule has 1 aliphatic heterocycles. The lowest BCUT2D eigenvalue weighted by molar-refractivity contribution is 0.938. The highest BCUT2D eigenvalue weighted by molar-refractivity contribution is 8.14. The van der Waals surface area contributed by atoms with E-state index in [4.69, 9.17) is 11.6 Å². The molecule has 1 aromatic rings. The normalized spacial score (nSPS) is 16.0. The number of hydrogen-bond donors (Lipinski definition) is 1. The van der Waals surface area contributed by atoms with Crippen LogP contribution >= 0.6 is 23.4 Å². The predicted octanol–water partition coefficient (Wildman–Crippen LogP) is 3.55. The molecule has 0 spiro atoms. The van der Waals surface area contributed by atoms with Gasteiger partial charge in [-0.25, -0.2) is 0 Å². The van der Waals surface area contributed by atoms with Gasteiger partial charge in [-0.15, -0.1) is 0 Å². The van der Waals surface area contributed by atoms with Crippen molar-refractivity contribution in [3.8, 4) is 0 Å². The first-order valence-corrected chi connectivity index (χ1v) is 6.33. The molecular formula is C11H13ClN2S. The molecule has 0 amide bonds. The lowest BCUT2D eigenvalue weighted by Crippen LogP contribution is -2.14. The van der Waals surface area contributed by atoms with Crippen LogP contribution in [0, 0.1) is 6.92 Å². The zero-order valence-electron chi connectivity index (χ0n) is 8.59. The Labute approximate surface area is 99.1 Å². The average Bonchev–Trinajstić information content (AvgIpc) is 2.26. The van der Waals surface area contributed by atoms with Gasteiger partial charge in [-0.3, -0.25) is 4.99 Å². The van der Waals surface area contributed by atoms with E-state index in [-0.39, 0.29) is 0 Å². The number of halogens is 1. The second-order valence-electron chi connectivity index (χ2n) is 3.43. The zero-order chi connectivity index (χ0) is 10.7. The van der Waals surface area contributed by atoms with Crippen LogP contribution < -0.4 is 5.32 Å². The van der Waals surface area contributed by atoms with Crippen molar-refractivity contribution < 1.29 is 0 Å². The summed E-state index contributed by atoms with van der Waals surface area (Å²) in [5.74, 6) is 1.14. The maximum atomic E-state index is 6.04. The van der Waals surface area contributed by atoms with Crippen LogP contribution in [0.2, 0.25) is 5.02 Å². The Bertz CT molecular complexity index is 390. The van der Waals surface area contributed by atoms with Crippen LogP contribution in [0.1, 0.15) is 12.0 Å². The quantitative estimate of drug-likeness (QED) is 0.812. The molecule has 0 aromatic heterocycles. The molecule has 0 aliphatic carbocycles. The summed E-state index contributed by atoms with van der Waals surface area (Å²) in [5.41, 5.74) is 2.13. The van der Waals surface area contributed by atoms with Crippen molar-refractivity contribution in [1.82, 2.24) is 0 Å². The number of benzene rings is 1. The first-order valence-electron chi connectivity index (χ1n) is 4.97. The first-order chi connectivity index (χ1) is 7.27. The van der Waals surface area contributed by atoms with Crippen LogP contribution in [0.3, 0.4) is 0 Å². The van der Waals surface area contributed by atoms with Gasteiger partial charge in [-0.05, 0) is 31.0 Å². The number of hydrogen-bond acceptors (Lipinski definition) is 3. The number of nitrogens with zero attached hydrogens (tertiary/aromatic N) is 1. The molecule has 0 fully saturated rings.